The Morgan fingerprint density at radius 2 is 2.06 bits per heavy atom. The molecule has 0 aliphatic heterocycles. The number of carbonyl (C=O) groups excluding carboxylic acids is 2. The van der Waals surface area contributed by atoms with Crippen LogP contribution in [0.3, 0.4) is 0 Å². The number of Topliss-reactive ketones (excluding diaryl/α,β-unsaturated/α-hetero) is 1. The number of hydrogen-bond acceptors (Lipinski definition) is 3. The van der Waals surface area contributed by atoms with Crippen molar-refractivity contribution in [1.82, 2.24) is 0 Å². The van der Waals surface area contributed by atoms with Crippen LogP contribution in [0.25, 0.3) is 0 Å². The number of carbonyl (C=O) groups is 2. The Kier molecular flexibility index (Phi) is 3.60. The summed E-state index contributed by atoms with van der Waals surface area (Å²) in [6, 6.07) is 2.46. The summed E-state index contributed by atoms with van der Waals surface area (Å²) in [7, 11) is 0. The van der Waals surface area contributed by atoms with Gasteiger partial charge in [0.15, 0.2) is 12.4 Å². The van der Waals surface area contributed by atoms with Gasteiger partial charge in [0.1, 0.15) is 11.6 Å². The molecule has 0 unspecified atom stereocenters. The number of aryl methyl sites for hydroxylation is 1. The number of ketones is 1. The fraction of sp³-hybridized carbons (Fsp3) is 0.273. The minimum atomic E-state index is -0.656. The van der Waals surface area contributed by atoms with Crippen molar-refractivity contribution in [2.75, 3.05) is 6.61 Å². The molecule has 4 nitrogen and oxygen atoms in total. The molecule has 86 valence electrons. The van der Waals surface area contributed by atoms with Gasteiger partial charge in [-0.05, 0) is 31.5 Å². The monoisotopic (exact) mass is 225 g/mol. The second kappa shape index (κ2) is 4.74. The molecule has 0 saturated heterocycles. The van der Waals surface area contributed by atoms with Crippen LogP contribution in [0.15, 0.2) is 12.1 Å². The molecule has 0 saturated carbocycles. The molecular formula is C11H12FNO3. The molecule has 0 heterocycles. The van der Waals surface area contributed by atoms with E-state index in [4.69, 9.17) is 10.5 Å². The lowest BCUT2D eigenvalue weighted by atomic mass is 10.1. The highest BCUT2D eigenvalue weighted by Crippen LogP contribution is 2.23. The molecule has 0 aliphatic carbocycles. The Hall–Kier alpha value is -1.91. The topological polar surface area (TPSA) is 69.4 Å². The first-order valence-corrected chi connectivity index (χ1v) is 4.64. The van der Waals surface area contributed by atoms with Gasteiger partial charge in [0.2, 0.25) is 0 Å². The van der Waals surface area contributed by atoms with Crippen molar-refractivity contribution in [3.8, 4) is 5.75 Å². The van der Waals surface area contributed by atoms with Crippen LogP contribution in [0.5, 0.6) is 5.75 Å². The predicted molar refractivity (Wildman–Crippen MR) is 55.8 cm³/mol. The fourth-order valence-electron chi connectivity index (χ4n) is 1.20. The normalized spacial score (nSPS) is 9.94. The van der Waals surface area contributed by atoms with Crippen LogP contribution in [0.1, 0.15) is 22.8 Å². The first kappa shape index (κ1) is 12.2. The van der Waals surface area contributed by atoms with E-state index < -0.39 is 11.7 Å². The first-order valence-electron chi connectivity index (χ1n) is 4.64. The number of benzene rings is 1. The summed E-state index contributed by atoms with van der Waals surface area (Å²) >= 11 is 0. The molecule has 1 amide bonds. The van der Waals surface area contributed by atoms with Gasteiger partial charge in [0.05, 0.1) is 5.56 Å². The van der Waals surface area contributed by atoms with E-state index in [0.717, 1.165) is 6.07 Å². The summed E-state index contributed by atoms with van der Waals surface area (Å²) < 4.78 is 18.3. The molecule has 1 rings (SSSR count). The van der Waals surface area contributed by atoms with Crippen molar-refractivity contribution in [3.63, 3.8) is 0 Å². The highest BCUT2D eigenvalue weighted by Gasteiger charge is 2.13. The quantitative estimate of drug-likeness (QED) is 0.783. The summed E-state index contributed by atoms with van der Waals surface area (Å²) in [6.45, 7) is 2.49. The Labute approximate surface area is 92.2 Å². The molecule has 2 N–H and O–H groups in total. The number of rotatable bonds is 4. The van der Waals surface area contributed by atoms with Crippen molar-refractivity contribution in [2.45, 2.75) is 13.8 Å². The lowest BCUT2D eigenvalue weighted by molar-refractivity contribution is -0.119. The van der Waals surface area contributed by atoms with Gasteiger partial charge in [-0.25, -0.2) is 4.39 Å². The number of ether oxygens (including phenoxy) is 1. The van der Waals surface area contributed by atoms with Gasteiger partial charge in [0, 0.05) is 0 Å². The van der Waals surface area contributed by atoms with Gasteiger partial charge in [-0.15, -0.1) is 0 Å². The molecule has 0 atom stereocenters. The van der Waals surface area contributed by atoms with Gasteiger partial charge in [-0.2, -0.15) is 0 Å². The molecular weight excluding hydrogens is 213 g/mol. The third kappa shape index (κ3) is 2.79. The number of primary amides is 1. The predicted octanol–water partition coefficient (Wildman–Crippen LogP) is 1.20. The summed E-state index contributed by atoms with van der Waals surface area (Å²) in [5, 5.41) is 0. The third-order valence-electron chi connectivity index (χ3n) is 2.01. The van der Waals surface area contributed by atoms with E-state index >= 15 is 0 Å². The minimum absolute atomic E-state index is 0.101. The van der Waals surface area contributed by atoms with Crippen LogP contribution in [0.4, 0.5) is 4.39 Å². The molecule has 0 radical (unpaired) electrons. The van der Waals surface area contributed by atoms with Crippen LogP contribution in [0, 0.1) is 12.7 Å². The summed E-state index contributed by atoms with van der Waals surface area (Å²) in [4.78, 5) is 21.8. The smallest absolute Gasteiger partial charge is 0.255 e. The molecule has 1 aromatic carbocycles. The zero-order valence-corrected chi connectivity index (χ0v) is 9.04. The highest BCUT2D eigenvalue weighted by molar-refractivity contribution is 5.97. The largest absolute Gasteiger partial charge is 0.483 e. The Balaban J connectivity index is 3.09. The van der Waals surface area contributed by atoms with Crippen molar-refractivity contribution in [2.24, 2.45) is 5.73 Å². The van der Waals surface area contributed by atoms with E-state index in [1.807, 2.05) is 0 Å². The number of hydrogen-bond donors (Lipinski definition) is 1. The minimum Gasteiger partial charge on any atom is -0.483 e. The van der Waals surface area contributed by atoms with Gasteiger partial charge < -0.3 is 10.5 Å². The number of halogens is 1. The van der Waals surface area contributed by atoms with Crippen LogP contribution in [-0.2, 0) is 4.79 Å². The van der Waals surface area contributed by atoms with Gasteiger partial charge in [-0.3, -0.25) is 9.59 Å². The summed E-state index contributed by atoms with van der Waals surface area (Å²) in [5.74, 6) is -1.31. The third-order valence-corrected chi connectivity index (χ3v) is 2.01. The second-order valence-corrected chi connectivity index (χ2v) is 3.41. The van der Waals surface area contributed by atoms with Crippen molar-refractivity contribution in [3.05, 3.63) is 29.1 Å². The molecule has 5 heteroatoms. The Morgan fingerprint density at radius 3 is 2.56 bits per heavy atom. The molecule has 1 aromatic rings. The SMILES string of the molecule is CC(=O)c1cc(F)c(C)cc1OCC(N)=O. The van der Waals surface area contributed by atoms with E-state index in [-0.39, 0.29) is 23.7 Å². The number of amides is 1. The van der Waals surface area contributed by atoms with Crippen LogP contribution >= 0.6 is 0 Å². The van der Waals surface area contributed by atoms with Crippen LogP contribution in [0.2, 0.25) is 0 Å². The molecule has 0 bridgehead atoms. The molecule has 16 heavy (non-hydrogen) atoms. The standard InChI is InChI=1S/C11H12FNO3/c1-6-3-10(16-5-11(13)15)8(7(2)14)4-9(6)12/h3-4H,5H2,1-2H3,(H2,13,15). The lowest BCUT2D eigenvalue weighted by Gasteiger charge is -2.09. The maximum absolute atomic E-state index is 13.2. The second-order valence-electron chi connectivity index (χ2n) is 3.41. The molecule has 0 spiro atoms. The van der Waals surface area contributed by atoms with E-state index in [9.17, 15) is 14.0 Å². The van der Waals surface area contributed by atoms with Crippen LogP contribution < -0.4 is 10.5 Å². The maximum atomic E-state index is 13.2. The maximum Gasteiger partial charge on any atom is 0.255 e. The number of nitrogens with two attached hydrogens (primary N) is 1. The summed E-state index contributed by atoms with van der Waals surface area (Å²) in [5.41, 5.74) is 5.35. The van der Waals surface area contributed by atoms with Crippen molar-refractivity contribution < 1.29 is 18.7 Å². The van der Waals surface area contributed by atoms with E-state index in [2.05, 4.69) is 0 Å². The lowest BCUT2D eigenvalue weighted by Crippen LogP contribution is -2.20. The average molecular weight is 225 g/mol. The molecule has 0 fully saturated rings. The average Bonchev–Trinajstić information content (AvgIpc) is 2.18. The van der Waals surface area contributed by atoms with Crippen molar-refractivity contribution >= 4 is 11.7 Å². The van der Waals surface area contributed by atoms with E-state index in [1.54, 1.807) is 0 Å². The van der Waals surface area contributed by atoms with Crippen LogP contribution in [-0.4, -0.2) is 18.3 Å². The molecule has 0 aliphatic rings. The van der Waals surface area contributed by atoms with Gasteiger partial charge in [-0.1, -0.05) is 0 Å². The van der Waals surface area contributed by atoms with E-state index in [1.165, 1.54) is 19.9 Å². The Bertz CT molecular complexity index is 443. The van der Waals surface area contributed by atoms with Gasteiger partial charge >= 0.3 is 0 Å². The fourth-order valence-corrected chi connectivity index (χ4v) is 1.20. The van der Waals surface area contributed by atoms with E-state index in [0.29, 0.717) is 5.56 Å². The molecule has 0 aromatic heterocycles. The first-order chi connectivity index (χ1) is 7.41. The highest BCUT2D eigenvalue weighted by atomic mass is 19.1. The zero-order chi connectivity index (χ0) is 12.3. The zero-order valence-electron chi connectivity index (χ0n) is 9.04. The summed E-state index contributed by atoms with van der Waals surface area (Å²) in [6.07, 6.45) is 0. The van der Waals surface area contributed by atoms with Gasteiger partial charge in [0.25, 0.3) is 5.91 Å². The Morgan fingerprint density at radius 1 is 1.44 bits per heavy atom. The van der Waals surface area contributed by atoms with Crippen molar-refractivity contribution in [1.29, 1.82) is 0 Å².